The van der Waals surface area contributed by atoms with Crippen LogP contribution in [0.1, 0.15) is 36.5 Å². The van der Waals surface area contributed by atoms with Gasteiger partial charge in [-0.3, -0.25) is 4.79 Å². The zero-order valence-electron chi connectivity index (χ0n) is 10.0. The van der Waals surface area contributed by atoms with Crippen LogP contribution < -0.4 is 0 Å². The molecule has 0 unspecified atom stereocenters. The number of nitrogens with zero attached hydrogens (tertiary/aromatic N) is 2. The zero-order valence-corrected chi connectivity index (χ0v) is 11.6. The largest absolute Gasteiger partial charge is 0.342 e. The van der Waals surface area contributed by atoms with Gasteiger partial charge in [0.15, 0.2) is 0 Å². The van der Waals surface area contributed by atoms with E-state index in [0.29, 0.717) is 10.6 Å². The fourth-order valence-corrected chi connectivity index (χ4v) is 1.83. The van der Waals surface area contributed by atoms with Gasteiger partial charge in [-0.1, -0.05) is 43.0 Å². The Morgan fingerprint density at radius 2 is 2.12 bits per heavy atom. The van der Waals surface area contributed by atoms with Crippen LogP contribution >= 0.6 is 23.2 Å². The van der Waals surface area contributed by atoms with Crippen LogP contribution in [0.15, 0.2) is 12.3 Å². The predicted molar refractivity (Wildman–Crippen MR) is 70.7 cm³/mol. The van der Waals surface area contributed by atoms with E-state index < -0.39 is 0 Å². The molecule has 1 amide bonds. The third-order valence-corrected chi connectivity index (χ3v) is 3.00. The first-order chi connectivity index (χ1) is 8.06. The molecule has 94 valence electrons. The van der Waals surface area contributed by atoms with Gasteiger partial charge in [0.05, 0.1) is 10.6 Å². The molecule has 0 saturated carbocycles. The van der Waals surface area contributed by atoms with Crippen molar-refractivity contribution in [2.75, 3.05) is 13.6 Å². The first-order valence-electron chi connectivity index (χ1n) is 5.62. The van der Waals surface area contributed by atoms with E-state index in [4.69, 9.17) is 23.2 Å². The molecule has 0 aliphatic carbocycles. The highest BCUT2D eigenvalue weighted by molar-refractivity contribution is 6.35. The van der Waals surface area contributed by atoms with Crippen LogP contribution in [0.5, 0.6) is 0 Å². The highest BCUT2D eigenvalue weighted by atomic mass is 35.5. The van der Waals surface area contributed by atoms with Crippen molar-refractivity contribution in [3.63, 3.8) is 0 Å². The van der Waals surface area contributed by atoms with Gasteiger partial charge in [-0.05, 0) is 12.5 Å². The second-order valence-corrected chi connectivity index (χ2v) is 4.72. The lowest BCUT2D eigenvalue weighted by Gasteiger charge is -2.17. The first-order valence-corrected chi connectivity index (χ1v) is 6.38. The molecule has 0 fully saturated rings. The number of pyridine rings is 1. The maximum absolute atomic E-state index is 12.1. The Bertz CT molecular complexity index is 396. The van der Waals surface area contributed by atoms with Gasteiger partial charge in [-0.15, -0.1) is 0 Å². The van der Waals surface area contributed by atoms with Crippen LogP contribution in [0.25, 0.3) is 0 Å². The summed E-state index contributed by atoms with van der Waals surface area (Å²) >= 11 is 11.7. The second kappa shape index (κ2) is 6.82. The SMILES string of the molecule is CCCCCN(C)C(=O)c1cc(Cl)ncc1Cl. The maximum atomic E-state index is 12.1. The van der Waals surface area contributed by atoms with Crippen LogP contribution in [0, 0.1) is 0 Å². The Balaban J connectivity index is 2.71. The van der Waals surface area contributed by atoms with Crippen molar-refractivity contribution in [1.82, 2.24) is 9.88 Å². The van der Waals surface area contributed by atoms with Gasteiger partial charge in [0.2, 0.25) is 0 Å². The lowest BCUT2D eigenvalue weighted by atomic mass is 10.2. The Kier molecular flexibility index (Phi) is 5.72. The van der Waals surface area contributed by atoms with Gasteiger partial charge in [0.25, 0.3) is 5.91 Å². The number of carbonyl (C=O) groups excluding carboxylic acids is 1. The number of hydrogen-bond acceptors (Lipinski definition) is 2. The van der Waals surface area contributed by atoms with E-state index in [1.165, 1.54) is 12.3 Å². The lowest BCUT2D eigenvalue weighted by molar-refractivity contribution is 0.0792. The number of hydrogen-bond donors (Lipinski definition) is 0. The van der Waals surface area contributed by atoms with Gasteiger partial charge >= 0.3 is 0 Å². The summed E-state index contributed by atoms with van der Waals surface area (Å²) in [6.07, 6.45) is 4.64. The topological polar surface area (TPSA) is 33.2 Å². The standard InChI is InChI=1S/C12H16Cl2N2O/c1-3-4-5-6-16(2)12(17)9-7-11(14)15-8-10(9)13/h7-8H,3-6H2,1-2H3. The fraction of sp³-hybridized carbons (Fsp3) is 0.500. The molecule has 1 rings (SSSR count). The summed E-state index contributed by atoms with van der Waals surface area (Å²) < 4.78 is 0. The Labute approximate surface area is 112 Å². The summed E-state index contributed by atoms with van der Waals surface area (Å²) in [7, 11) is 1.77. The molecule has 0 aromatic carbocycles. The van der Waals surface area contributed by atoms with Gasteiger partial charge in [-0.25, -0.2) is 4.98 Å². The summed E-state index contributed by atoms with van der Waals surface area (Å²) in [6.45, 7) is 2.85. The molecule has 1 heterocycles. The monoisotopic (exact) mass is 274 g/mol. The van der Waals surface area contributed by atoms with Crippen molar-refractivity contribution < 1.29 is 4.79 Å². The molecule has 17 heavy (non-hydrogen) atoms. The molecule has 0 aliphatic rings. The van der Waals surface area contributed by atoms with Crippen molar-refractivity contribution in [3.8, 4) is 0 Å². The van der Waals surface area contributed by atoms with Gasteiger partial charge in [0, 0.05) is 19.8 Å². The molecule has 1 aromatic heterocycles. The number of halogens is 2. The van der Waals surface area contributed by atoms with E-state index in [9.17, 15) is 4.79 Å². The van der Waals surface area contributed by atoms with E-state index >= 15 is 0 Å². The highest BCUT2D eigenvalue weighted by Gasteiger charge is 2.15. The van der Waals surface area contributed by atoms with Crippen LogP contribution in [0.4, 0.5) is 0 Å². The van der Waals surface area contributed by atoms with Gasteiger partial charge < -0.3 is 4.90 Å². The zero-order chi connectivity index (χ0) is 12.8. The van der Waals surface area contributed by atoms with Crippen LogP contribution in [-0.4, -0.2) is 29.4 Å². The highest BCUT2D eigenvalue weighted by Crippen LogP contribution is 2.19. The Morgan fingerprint density at radius 3 is 2.76 bits per heavy atom. The van der Waals surface area contributed by atoms with E-state index in [1.807, 2.05) is 0 Å². The van der Waals surface area contributed by atoms with Crippen molar-refractivity contribution in [2.24, 2.45) is 0 Å². The quantitative estimate of drug-likeness (QED) is 0.607. The number of aromatic nitrogens is 1. The molecule has 0 bridgehead atoms. The summed E-state index contributed by atoms with van der Waals surface area (Å²) in [5.41, 5.74) is 0.408. The predicted octanol–water partition coefficient (Wildman–Crippen LogP) is 3.65. The summed E-state index contributed by atoms with van der Waals surface area (Å²) in [6, 6.07) is 1.50. The molecule has 3 nitrogen and oxygen atoms in total. The molecule has 0 radical (unpaired) electrons. The molecule has 0 aliphatic heterocycles. The minimum Gasteiger partial charge on any atom is -0.342 e. The average molecular weight is 275 g/mol. The van der Waals surface area contributed by atoms with Crippen LogP contribution in [0.3, 0.4) is 0 Å². The maximum Gasteiger partial charge on any atom is 0.255 e. The summed E-state index contributed by atoms with van der Waals surface area (Å²) in [4.78, 5) is 17.5. The summed E-state index contributed by atoms with van der Waals surface area (Å²) in [5, 5.41) is 0.612. The third kappa shape index (κ3) is 4.17. The average Bonchev–Trinajstić information content (AvgIpc) is 2.31. The smallest absolute Gasteiger partial charge is 0.255 e. The van der Waals surface area contributed by atoms with E-state index in [-0.39, 0.29) is 11.1 Å². The van der Waals surface area contributed by atoms with E-state index in [0.717, 1.165) is 25.8 Å². The number of rotatable bonds is 5. The van der Waals surface area contributed by atoms with Gasteiger partial charge in [-0.2, -0.15) is 0 Å². The van der Waals surface area contributed by atoms with E-state index in [2.05, 4.69) is 11.9 Å². The first kappa shape index (κ1) is 14.3. The van der Waals surface area contributed by atoms with Crippen molar-refractivity contribution in [2.45, 2.75) is 26.2 Å². The normalized spacial score (nSPS) is 10.4. The van der Waals surface area contributed by atoms with Crippen molar-refractivity contribution in [1.29, 1.82) is 0 Å². The van der Waals surface area contributed by atoms with Gasteiger partial charge in [0.1, 0.15) is 5.15 Å². The van der Waals surface area contributed by atoms with Crippen LogP contribution in [-0.2, 0) is 0 Å². The Hall–Kier alpha value is -0.800. The molecular weight excluding hydrogens is 259 g/mol. The molecule has 0 N–H and O–H groups in total. The minimum atomic E-state index is -0.115. The number of unbranched alkanes of at least 4 members (excludes halogenated alkanes) is 2. The van der Waals surface area contributed by atoms with E-state index in [1.54, 1.807) is 11.9 Å². The molecule has 5 heteroatoms. The molecule has 1 aromatic rings. The molecule has 0 atom stereocenters. The summed E-state index contributed by atoms with van der Waals surface area (Å²) in [5.74, 6) is -0.115. The number of amides is 1. The van der Waals surface area contributed by atoms with Crippen molar-refractivity contribution in [3.05, 3.63) is 28.0 Å². The molecule has 0 saturated heterocycles. The molecular formula is C12H16Cl2N2O. The number of carbonyl (C=O) groups is 1. The van der Waals surface area contributed by atoms with Crippen molar-refractivity contribution >= 4 is 29.1 Å². The third-order valence-electron chi connectivity index (χ3n) is 2.50. The minimum absolute atomic E-state index is 0.115. The lowest BCUT2D eigenvalue weighted by Crippen LogP contribution is -2.28. The fourth-order valence-electron chi connectivity index (χ4n) is 1.48. The molecule has 0 spiro atoms. The second-order valence-electron chi connectivity index (χ2n) is 3.92. The Morgan fingerprint density at radius 1 is 1.41 bits per heavy atom. The van der Waals surface area contributed by atoms with Crippen LogP contribution in [0.2, 0.25) is 10.2 Å².